The zero-order chi connectivity index (χ0) is 18.9. The number of hydrogen-bond donors (Lipinski definition) is 0. The molecule has 0 aromatic heterocycles. The first-order valence-electron chi connectivity index (χ1n) is 10.3. The van der Waals surface area contributed by atoms with Gasteiger partial charge in [0.25, 0.3) is 0 Å². The van der Waals surface area contributed by atoms with E-state index in [0.29, 0.717) is 11.4 Å². The fourth-order valence-corrected chi connectivity index (χ4v) is 6.32. The Hall–Kier alpha value is -1.65. The van der Waals surface area contributed by atoms with E-state index < -0.39 is 10.0 Å². The minimum absolute atomic E-state index is 0.0616. The molecule has 1 atom stereocenters. The Balaban J connectivity index is 1.73. The van der Waals surface area contributed by atoms with Gasteiger partial charge in [0.05, 0.1) is 10.9 Å². The zero-order valence-electron chi connectivity index (χ0n) is 16.2. The molecule has 1 fully saturated rings. The lowest BCUT2D eigenvalue weighted by Crippen LogP contribution is -2.35. The quantitative estimate of drug-likeness (QED) is 0.732. The summed E-state index contributed by atoms with van der Waals surface area (Å²) >= 11 is 0. The molecule has 1 saturated heterocycles. The van der Waals surface area contributed by atoms with Gasteiger partial charge < -0.3 is 0 Å². The number of benzene rings is 2. The van der Waals surface area contributed by atoms with Crippen molar-refractivity contribution in [3.8, 4) is 0 Å². The van der Waals surface area contributed by atoms with E-state index in [4.69, 9.17) is 0 Å². The van der Waals surface area contributed by atoms with Crippen LogP contribution in [0.1, 0.15) is 66.8 Å². The highest BCUT2D eigenvalue weighted by molar-refractivity contribution is 7.89. The van der Waals surface area contributed by atoms with Crippen LogP contribution in [0.25, 0.3) is 0 Å². The maximum absolute atomic E-state index is 13.6. The highest BCUT2D eigenvalue weighted by Gasteiger charge is 2.33. The van der Waals surface area contributed by atoms with E-state index in [0.717, 1.165) is 50.5 Å². The molecule has 0 unspecified atom stereocenters. The number of sulfonamides is 1. The van der Waals surface area contributed by atoms with Gasteiger partial charge in [0.1, 0.15) is 0 Å². The predicted octanol–water partition coefficient (Wildman–Crippen LogP) is 5.18. The molecule has 0 N–H and O–H groups in total. The molecule has 4 rings (SSSR count). The van der Waals surface area contributed by atoms with E-state index in [1.807, 2.05) is 24.3 Å². The summed E-state index contributed by atoms with van der Waals surface area (Å²) in [4.78, 5) is 0.475. The van der Waals surface area contributed by atoms with Gasteiger partial charge in [0.15, 0.2) is 0 Å². The van der Waals surface area contributed by atoms with Crippen LogP contribution in [0.2, 0.25) is 0 Å². The summed E-state index contributed by atoms with van der Waals surface area (Å²) < 4.78 is 29.0. The number of fused-ring (bicyclic) bond motifs is 1. The monoisotopic (exact) mass is 383 g/mol. The lowest BCUT2D eigenvalue weighted by molar-refractivity contribution is 0.329. The van der Waals surface area contributed by atoms with E-state index >= 15 is 0 Å². The number of aryl methyl sites for hydroxylation is 3. The highest BCUT2D eigenvalue weighted by atomic mass is 32.2. The Labute approximate surface area is 163 Å². The van der Waals surface area contributed by atoms with Gasteiger partial charge in [-0.3, -0.25) is 0 Å². The molecule has 27 heavy (non-hydrogen) atoms. The maximum Gasteiger partial charge on any atom is 0.243 e. The molecule has 0 spiro atoms. The van der Waals surface area contributed by atoms with Crippen molar-refractivity contribution in [1.29, 1.82) is 0 Å². The first-order valence-corrected chi connectivity index (χ1v) is 11.7. The van der Waals surface area contributed by atoms with Gasteiger partial charge in [0.2, 0.25) is 10.0 Å². The molecule has 144 valence electrons. The van der Waals surface area contributed by atoms with Crippen LogP contribution in [-0.4, -0.2) is 19.3 Å². The van der Waals surface area contributed by atoms with Gasteiger partial charge in [-0.15, -0.1) is 0 Å². The van der Waals surface area contributed by atoms with E-state index in [2.05, 4.69) is 25.1 Å². The van der Waals surface area contributed by atoms with Gasteiger partial charge in [-0.25, -0.2) is 8.42 Å². The second-order valence-corrected chi connectivity index (χ2v) is 9.92. The first kappa shape index (κ1) is 18.7. The highest BCUT2D eigenvalue weighted by Crippen LogP contribution is 2.36. The third kappa shape index (κ3) is 3.83. The standard InChI is InChI=1S/C23H29NO2S/c1-18-8-7-11-21(16-18)23-12-3-2-6-15-24(23)27(25,26)22-14-13-19-9-4-5-10-20(19)17-22/h7-8,11,13-14,16-17,23H,2-6,9-10,12,15H2,1H3/t23-/m0/s1. The maximum atomic E-state index is 13.6. The summed E-state index contributed by atoms with van der Waals surface area (Å²) in [5, 5.41) is 0. The third-order valence-corrected chi connectivity index (χ3v) is 7.96. The average Bonchev–Trinajstić information content (AvgIpc) is 2.94. The fourth-order valence-electron chi connectivity index (χ4n) is 4.59. The van der Waals surface area contributed by atoms with E-state index in [-0.39, 0.29) is 6.04 Å². The van der Waals surface area contributed by atoms with Crippen LogP contribution in [0.5, 0.6) is 0 Å². The van der Waals surface area contributed by atoms with Crippen LogP contribution in [0.3, 0.4) is 0 Å². The molecule has 2 aliphatic rings. The Morgan fingerprint density at radius 3 is 2.52 bits per heavy atom. The molecule has 3 nitrogen and oxygen atoms in total. The number of hydrogen-bond acceptors (Lipinski definition) is 2. The van der Waals surface area contributed by atoms with Crippen LogP contribution in [0, 0.1) is 6.92 Å². The summed E-state index contributed by atoms with van der Waals surface area (Å²) in [6, 6.07) is 14.1. The van der Waals surface area contributed by atoms with Crippen LogP contribution in [0.4, 0.5) is 0 Å². The average molecular weight is 384 g/mol. The minimum Gasteiger partial charge on any atom is -0.207 e. The molecule has 1 aliphatic carbocycles. The molecule has 0 saturated carbocycles. The summed E-state index contributed by atoms with van der Waals surface area (Å²) in [6.45, 7) is 2.68. The van der Waals surface area contributed by atoms with Crippen molar-refractivity contribution < 1.29 is 8.42 Å². The summed E-state index contributed by atoms with van der Waals surface area (Å²) in [6.07, 6.45) is 8.45. The molecule has 0 amide bonds. The van der Waals surface area contributed by atoms with E-state index in [9.17, 15) is 8.42 Å². The third-order valence-electron chi connectivity index (χ3n) is 6.06. The van der Waals surface area contributed by atoms with Gasteiger partial charge in [-0.05, 0) is 74.3 Å². The van der Waals surface area contributed by atoms with Crippen molar-refractivity contribution >= 4 is 10.0 Å². The lowest BCUT2D eigenvalue weighted by Gasteiger charge is -2.30. The van der Waals surface area contributed by atoms with Gasteiger partial charge in [0, 0.05) is 6.54 Å². The molecule has 0 bridgehead atoms. The second-order valence-electron chi connectivity index (χ2n) is 8.03. The molecule has 1 aliphatic heterocycles. The number of nitrogens with zero attached hydrogens (tertiary/aromatic N) is 1. The van der Waals surface area contributed by atoms with Crippen molar-refractivity contribution in [2.24, 2.45) is 0 Å². The van der Waals surface area contributed by atoms with Crippen LogP contribution in [0.15, 0.2) is 47.4 Å². The van der Waals surface area contributed by atoms with Crippen molar-refractivity contribution in [3.05, 3.63) is 64.7 Å². The zero-order valence-corrected chi connectivity index (χ0v) is 17.0. The van der Waals surface area contributed by atoms with Crippen LogP contribution in [-0.2, 0) is 22.9 Å². The van der Waals surface area contributed by atoms with Crippen molar-refractivity contribution in [2.75, 3.05) is 6.54 Å². The Morgan fingerprint density at radius 1 is 0.889 bits per heavy atom. The second kappa shape index (κ2) is 7.76. The smallest absolute Gasteiger partial charge is 0.207 e. The Bertz CT molecular complexity index is 920. The SMILES string of the molecule is Cc1cccc([C@@H]2CCCCCN2S(=O)(=O)c2ccc3c(c2)CCCC3)c1. The topological polar surface area (TPSA) is 37.4 Å². The van der Waals surface area contributed by atoms with Crippen LogP contribution < -0.4 is 0 Å². The molecule has 4 heteroatoms. The molecule has 2 aromatic carbocycles. The van der Waals surface area contributed by atoms with Gasteiger partial charge in [-0.1, -0.05) is 48.7 Å². The van der Waals surface area contributed by atoms with E-state index in [1.54, 1.807) is 4.31 Å². The number of rotatable bonds is 3. The normalized spacial score (nSPS) is 21.4. The molecular formula is C23H29NO2S. The molecular weight excluding hydrogens is 354 g/mol. The Kier molecular flexibility index (Phi) is 5.38. The van der Waals surface area contributed by atoms with Crippen molar-refractivity contribution in [3.63, 3.8) is 0 Å². The van der Waals surface area contributed by atoms with Crippen molar-refractivity contribution in [2.45, 2.75) is 69.2 Å². The fraction of sp³-hybridized carbons (Fsp3) is 0.478. The van der Waals surface area contributed by atoms with Crippen LogP contribution >= 0.6 is 0 Å². The largest absolute Gasteiger partial charge is 0.243 e. The summed E-state index contributed by atoms with van der Waals surface area (Å²) in [5.41, 5.74) is 4.86. The molecule has 1 heterocycles. The summed E-state index contributed by atoms with van der Waals surface area (Å²) in [5.74, 6) is 0. The lowest BCUT2D eigenvalue weighted by atomic mass is 9.92. The first-order chi connectivity index (χ1) is 13.1. The van der Waals surface area contributed by atoms with Gasteiger partial charge >= 0.3 is 0 Å². The van der Waals surface area contributed by atoms with Crippen molar-refractivity contribution in [1.82, 2.24) is 4.31 Å². The summed E-state index contributed by atoms with van der Waals surface area (Å²) in [7, 11) is -3.50. The Morgan fingerprint density at radius 2 is 1.70 bits per heavy atom. The van der Waals surface area contributed by atoms with E-state index in [1.165, 1.54) is 23.1 Å². The molecule has 2 aromatic rings. The predicted molar refractivity (Wildman–Crippen MR) is 109 cm³/mol. The minimum atomic E-state index is -3.50. The van der Waals surface area contributed by atoms with Gasteiger partial charge in [-0.2, -0.15) is 4.31 Å². The molecule has 0 radical (unpaired) electrons.